The van der Waals surface area contributed by atoms with Crippen molar-refractivity contribution in [3.63, 3.8) is 0 Å². The van der Waals surface area contributed by atoms with E-state index in [0.29, 0.717) is 6.54 Å². The first-order valence-corrected chi connectivity index (χ1v) is 7.26. The van der Waals surface area contributed by atoms with Gasteiger partial charge in [0.15, 0.2) is 0 Å². The van der Waals surface area contributed by atoms with E-state index in [4.69, 9.17) is 0 Å². The highest BCUT2D eigenvalue weighted by molar-refractivity contribution is 7.09. The number of amides is 2. The summed E-state index contributed by atoms with van der Waals surface area (Å²) in [5.74, 6) is 0. The number of hydrogen-bond acceptors (Lipinski definition) is 3. The van der Waals surface area contributed by atoms with E-state index in [1.165, 1.54) is 5.69 Å². The highest BCUT2D eigenvalue weighted by Gasteiger charge is 2.20. The van der Waals surface area contributed by atoms with Gasteiger partial charge in [-0.05, 0) is 23.9 Å². The predicted octanol–water partition coefficient (Wildman–Crippen LogP) is 1.76. The normalized spacial score (nSPS) is 17.8. The topological polar surface area (TPSA) is 59.0 Å². The van der Waals surface area contributed by atoms with Crippen LogP contribution in [-0.4, -0.2) is 21.9 Å². The van der Waals surface area contributed by atoms with Crippen LogP contribution in [-0.2, 0) is 19.5 Å². The third kappa shape index (κ3) is 2.96. The van der Waals surface area contributed by atoms with Gasteiger partial charge >= 0.3 is 6.03 Å². The first-order chi connectivity index (χ1) is 9.31. The molecule has 19 heavy (non-hydrogen) atoms. The molecule has 0 saturated carbocycles. The fourth-order valence-electron chi connectivity index (χ4n) is 2.31. The van der Waals surface area contributed by atoms with Gasteiger partial charge in [-0.3, -0.25) is 4.68 Å². The van der Waals surface area contributed by atoms with E-state index in [2.05, 4.69) is 15.7 Å². The van der Waals surface area contributed by atoms with Crippen molar-refractivity contribution in [2.45, 2.75) is 32.0 Å². The second-order valence-electron chi connectivity index (χ2n) is 4.64. The monoisotopic (exact) mass is 276 g/mol. The van der Waals surface area contributed by atoms with Crippen molar-refractivity contribution in [2.24, 2.45) is 0 Å². The quantitative estimate of drug-likeness (QED) is 0.897. The Kier molecular flexibility index (Phi) is 3.50. The molecule has 1 aliphatic heterocycles. The maximum Gasteiger partial charge on any atom is 0.315 e. The van der Waals surface area contributed by atoms with Crippen molar-refractivity contribution in [3.05, 3.63) is 40.3 Å². The Morgan fingerprint density at radius 2 is 2.47 bits per heavy atom. The van der Waals surface area contributed by atoms with Gasteiger partial charge in [-0.15, -0.1) is 11.3 Å². The van der Waals surface area contributed by atoms with Gasteiger partial charge in [0.05, 0.1) is 6.54 Å². The molecule has 2 N–H and O–H groups in total. The van der Waals surface area contributed by atoms with E-state index < -0.39 is 0 Å². The zero-order valence-corrected chi connectivity index (χ0v) is 11.3. The molecule has 0 saturated heterocycles. The zero-order chi connectivity index (χ0) is 13.1. The molecule has 1 atom stereocenters. The summed E-state index contributed by atoms with van der Waals surface area (Å²) in [6.45, 7) is 1.46. The number of carbonyl (C=O) groups excluding carboxylic acids is 1. The Morgan fingerprint density at radius 1 is 1.53 bits per heavy atom. The van der Waals surface area contributed by atoms with Crippen LogP contribution in [0.4, 0.5) is 4.79 Å². The third-order valence-corrected chi connectivity index (χ3v) is 4.16. The molecule has 3 rings (SSSR count). The SMILES string of the molecule is O=C(NCc1cccs1)N[C@@H]1CCn2nccc2C1. The van der Waals surface area contributed by atoms with Gasteiger partial charge in [-0.25, -0.2) is 4.79 Å². The Bertz CT molecular complexity index is 549. The molecule has 2 amide bonds. The van der Waals surface area contributed by atoms with Crippen LogP contribution < -0.4 is 10.6 Å². The summed E-state index contributed by atoms with van der Waals surface area (Å²) in [5.41, 5.74) is 1.19. The average Bonchev–Trinajstić information content (AvgIpc) is 3.07. The van der Waals surface area contributed by atoms with Gasteiger partial charge in [0.2, 0.25) is 0 Å². The van der Waals surface area contributed by atoms with Gasteiger partial charge in [0, 0.05) is 35.8 Å². The van der Waals surface area contributed by atoms with Gasteiger partial charge in [-0.1, -0.05) is 6.07 Å². The fraction of sp³-hybridized carbons (Fsp3) is 0.385. The standard InChI is InChI=1S/C13H16N4OS/c18-13(14-9-12-2-1-7-19-12)16-10-4-6-17-11(8-10)3-5-15-17/h1-3,5,7,10H,4,6,8-9H2,(H2,14,16,18)/t10-/m1/s1. The van der Waals surface area contributed by atoms with Gasteiger partial charge in [0.25, 0.3) is 0 Å². The van der Waals surface area contributed by atoms with Gasteiger partial charge < -0.3 is 10.6 Å². The molecule has 0 radical (unpaired) electrons. The molecule has 5 nitrogen and oxygen atoms in total. The van der Waals surface area contributed by atoms with Crippen molar-refractivity contribution < 1.29 is 4.79 Å². The van der Waals surface area contributed by atoms with Gasteiger partial charge in [-0.2, -0.15) is 5.10 Å². The third-order valence-electron chi connectivity index (χ3n) is 3.29. The maximum absolute atomic E-state index is 11.8. The predicted molar refractivity (Wildman–Crippen MR) is 74.0 cm³/mol. The van der Waals surface area contributed by atoms with Crippen LogP contribution >= 0.6 is 11.3 Å². The molecular weight excluding hydrogens is 260 g/mol. The maximum atomic E-state index is 11.8. The second-order valence-corrected chi connectivity index (χ2v) is 5.67. The highest BCUT2D eigenvalue weighted by atomic mass is 32.1. The minimum Gasteiger partial charge on any atom is -0.335 e. The number of hydrogen-bond donors (Lipinski definition) is 2. The molecule has 2 aromatic heterocycles. The Balaban J connectivity index is 1.48. The number of nitrogens with one attached hydrogen (secondary N) is 2. The molecule has 0 aromatic carbocycles. The lowest BCUT2D eigenvalue weighted by molar-refractivity contribution is 0.233. The summed E-state index contributed by atoms with van der Waals surface area (Å²) in [6.07, 6.45) is 3.60. The van der Waals surface area contributed by atoms with Crippen molar-refractivity contribution in [3.8, 4) is 0 Å². The lowest BCUT2D eigenvalue weighted by Crippen LogP contribution is -2.45. The summed E-state index contributed by atoms with van der Waals surface area (Å²) in [7, 11) is 0. The van der Waals surface area contributed by atoms with E-state index in [1.807, 2.05) is 34.5 Å². The van der Waals surface area contributed by atoms with Crippen LogP contribution in [0.1, 0.15) is 17.0 Å². The number of aromatic nitrogens is 2. The molecule has 3 heterocycles. The lowest BCUT2D eigenvalue weighted by Gasteiger charge is -2.24. The molecule has 0 fully saturated rings. The number of aryl methyl sites for hydroxylation is 1. The van der Waals surface area contributed by atoms with Crippen LogP contribution in [0.15, 0.2) is 29.8 Å². The first kappa shape index (κ1) is 12.2. The molecule has 0 spiro atoms. The van der Waals surface area contributed by atoms with E-state index in [0.717, 1.165) is 24.3 Å². The number of carbonyl (C=O) groups is 1. The van der Waals surface area contributed by atoms with Crippen molar-refractivity contribution in [1.82, 2.24) is 20.4 Å². The van der Waals surface area contributed by atoms with Crippen LogP contribution in [0.25, 0.3) is 0 Å². The van der Waals surface area contributed by atoms with E-state index in [-0.39, 0.29) is 12.1 Å². The van der Waals surface area contributed by atoms with Crippen LogP contribution in [0.3, 0.4) is 0 Å². The molecular formula is C13H16N4OS. The molecule has 6 heteroatoms. The molecule has 1 aliphatic rings. The summed E-state index contributed by atoms with van der Waals surface area (Å²) in [6, 6.07) is 6.13. The summed E-state index contributed by atoms with van der Waals surface area (Å²) in [4.78, 5) is 13.0. The highest BCUT2D eigenvalue weighted by Crippen LogP contribution is 2.13. The number of thiophene rings is 1. The van der Waals surface area contributed by atoms with E-state index in [9.17, 15) is 4.79 Å². The first-order valence-electron chi connectivity index (χ1n) is 6.39. The number of urea groups is 1. The molecule has 0 aliphatic carbocycles. The lowest BCUT2D eigenvalue weighted by atomic mass is 10.0. The molecule has 0 unspecified atom stereocenters. The summed E-state index contributed by atoms with van der Waals surface area (Å²) >= 11 is 1.65. The van der Waals surface area contributed by atoms with E-state index in [1.54, 1.807) is 11.3 Å². The average molecular weight is 276 g/mol. The number of fused-ring (bicyclic) bond motifs is 1. The molecule has 0 bridgehead atoms. The van der Waals surface area contributed by atoms with Crippen LogP contribution in [0.2, 0.25) is 0 Å². The van der Waals surface area contributed by atoms with Crippen LogP contribution in [0, 0.1) is 0 Å². The van der Waals surface area contributed by atoms with E-state index >= 15 is 0 Å². The van der Waals surface area contributed by atoms with Crippen LogP contribution in [0.5, 0.6) is 0 Å². The second kappa shape index (κ2) is 5.44. The Morgan fingerprint density at radius 3 is 3.32 bits per heavy atom. The minimum absolute atomic E-state index is 0.0913. The zero-order valence-electron chi connectivity index (χ0n) is 10.5. The van der Waals surface area contributed by atoms with Crippen molar-refractivity contribution >= 4 is 17.4 Å². The summed E-state index contributed by atoms with van der Waals surface area (Å²) in [5, 5.41) is 12.2. The molecule has 2 aromatic rings. The number of rotatable bonds is 3. The summed E-state index contributed by atoms with van der Waals surface area (Å²) < 4.78 is 2.00. The van der Waals surface area contributed by atoms with Gasteiger partial charge in [0.1, 0.15) is 0 Å². The Hall–Kier alpha value is -1.82. The largest absolute Gasteiger partial charge is 0.335 e. The number of nitrogens with zero attached hydrogens (tertiary/aromatic N) is 2. The smallest absolute Gasteiger partial charge is 0.315 e. The fourth-order valence-corrected chi connectivity index (χ4v) is 2.95. The molecule has 100 valence electrons. The van der Waals surface area contributed by atoms with Crippen molar-refractivity contribution in [1.29, 1.82) is 0 Å². The van der Waals surface area contributed by atoms with Crippen molar-refractivity contribution in [2.75, 3.05) is 0 Å². The minimum atomic E-state index is -0.0913. The Labute approximate surface area is 115 Å².